The quantitative estimate of drug-likeness (QED) is 0.556. The maximum absolute atomic E-state index is 13.9. The van der Waals surface area contributed by atoms with Crippen LogP contribution in [0.1, 0.15) is 49.7 Å². The number of benzene rings is 1. The minimum Gasteiger partial charge on any atom is -0.310 e. The lowest BCUT2D eigenvalue weighted by atomic mass is 9.86. The van der Waals surface area contributed by atoms with E-state index in [0.29, 0.717) is 35.1 Å². The monoisotopic (exact) mass is 427 g/mol. The molecule has 2 saturated carbocycles. The molecular formula is C27H26FN3O. The van der Waals surface area contributed by atoms with Crippen LogP contribution in [0.25, 0.3) is 10.9 Å². The van der Waals surface area contributed by atoms with Gasteiger partial charge in [0.2, 0.25) is 5.91 Å². The van der Waals surface area contributed by atoms with E-state index < -0.39 is 0 Å². The van der Waals surface area contributed by atoms with Crippen LogP contribution in [0.4, 0.5) is 10.2 Å². The number of nitrogens with one attached hydrogen (secondary N) is 1. The van der Waals surface area contributed by atoms with Crippen LogP contribution >= 0.6 is 0 Å². The van der Waals surface area contributed by atoms with Crippen molar-refractivity contribution in [2.45, 2.75) is 38.5 Å². The molecule has 2 aliphatic rings. The van der Waals surface area contributed by atoms with Crippen molar-refractivity contribution in [3.63, 3.8) is 0 Å². The van der Waals surface area contributed by atoms with Crippen LogP contribution in [0, 0.1) is 41.8 Å². The van der Waals surface area contributed by atoms with Gasteiger partial charge >= 0.3 is 0 Å². The smallest absolute Gasteiger partial charge is 0.228 e. The van der Waals surface area contributed by atoms with Crippen LogP contribution in [0.5, 0.6) is 0 Å². The molecule has 1 amide bonds. The SMILES string of the molecule is C#Cc1ccc(NC(=O)C(C)[C@@H]2CC3CC(c4ccnc5ccc(F)cc45)C[C@@H]3C2)nc1. The number of pyridine rings is 2. The lowest BCUT2D eigenvalue weighted by Crippen LogP contribution is -2.26. The summed E-state index contributed by atoms with van der Waals surface area (Å²) in [5.41, 5.74) is 2.76. The lowest BCUT2D eigenvalue weighted by molar-refractivity contribution is -0.120. The molecule has 0 saturated heterocycles. The van der Waals surface area contributed by atoms with Gasteiger partial charge in [-0.2, -0.15) is 0 Å². The van der Waals surface area contributed by atoms with Gasteiger partial charge in [0.15, 0.2) is 0 Å². The average molecular weight is 428 g/mol. The zero-order chi connectivity index (χ0) is 22.2. The van der Waals surface area contributed by atoms with Gasteiger partial charge in [0.05, 0.1) is 5.52 Å². The number of rotatable bonds is 4. The van der Waals surface area contributed by atoms with E-state index in [2.05, 4.69) is 27.3 Å². The van der Waals surface area contributed by atoms with Crippen LogP contribution in [0.3, 0.4) is 0 Å². The third-order valence-electron chi connectivity index (χ3n) is 7.53. The predicted octanol–water partition coefficient (Wildman–Crippen LogP) is 5.54. The summed E-state index contributed by atoms with van der Waals surface area (Å²) in [6.07, 6.45) is 13.1. The minimum atomic E-state index is -0.215. The second-order valence-corrected chi connectivity index (χ2v) is 9.34. The Bertz CT molecular complexity index is 1190. The van der Waals surface area contributed by atoms with Crippen LogP contribution in [0.2, 0.25) is 0 Å². The Kier molecular flexibility index (Phi) is 5.38. The maximum Gasteiger partial charge on any atom is 0.228 e. The molecule has 3 aromatic rings. The van der Waals surface area contributed by atoms with Gasteiger partial charge in [-0.15, -0.1) is 6.42 Å². The fourth-order valence-corrected chi connectivity index (χ4v) is 5.83. The topological polar surface area (TPSA) is 54.9 Å². The molecular weight excluding hydrogens is 401 g/mol. The van der Waals surface area contributed by atoms with Gasteiger partial charge in [0, 0.05) is 29.3 Å². The summed E-state index contributed by atoms with van der Waals surface area (Å²) in [7, 11) is 0. The number of amides is 1. The summed E-state index contributed by atoms with van der Waals surface area (Å²) in [5.74, 6) is 4.84. The van der Waals surface area contributed by atoms with E-state index in [-0.39, 0.29) is 17.6 Å². The first-order chi connectivity index (χ1) is 15.5. The molecule has 0 aliphatic heterocycles. The Morgan fingerprint density at radius 1 is 1.12 bits per heavy atom. The molecule has 5 heteroatoms. The van der Waals surface area contributed by atoms with Gasteiger partial charge in [-0.3, -0.25) is 9.78 Å². The molecule has 4 nitrogen and oxygen atoms in total. The number of aromatic nitrogens is 2. The highest BCUT2D eigenvalue weighted by Crippen LogP contribution is 2.54. The fourth-order valence-electron chi connectivity index (χ4n) is 5.83. The number of terminal acetylenes is 1. The molecule has 162 valence electrons. The largest absolute Gasteiger partial charge is 0.310 e. The highest BCUT2D eigenvalue weighted by atomic mass is 19.1. The van der Waals surface area contributed by atoms with Crippen molar-refractivity contribution in [2.24, 2.45) is 23.7 Å². The maximum atomic E-state index is 13.9. The zero-order valence-electron chi connectivity index (χ0n) is 18.1. The number of halogens is 1. The minimum absolute atomic E-state index is 0.0167. The molecule has 0 radical (unpaired) electrons. The first kappa shape index (κ1) is 20.6. The van der Waals surface area contributed by atoms with Gasteiger partial charge in [0.25, 0.3) is 0 Å². The van der Waals surface area contributed by atoms with Crippen molar-refractivity contribution in [2.75, 3.05) is 5.32 Å². The summed E-state index contributed by atoms with van der Waals surface area (Å²) < 4.78 is 13.9. The molecule has 5 rings (SSSR count). The Morgan fingerprint density at radius 3 is 2.59 bits per heavy atom. The van der Waals surface area contributed by atoms with Gasteiger partial charge < -0.3 is 5.32 Å². The van der Waals surface area contributed by atoms with E-state index in [1.165, 1.54) is 11.6 Å². The number of hydrogen-bond acceptors (Lipinski definition) is 3. The summed E-state index contributed by atoms with van der Waals surface area (Å²) in [6, 6.07) is 10.4. The number of hydrogen-bond donors (Lipinski definition) is 1. The average Bonchev–Trinajstić information content (AvgIpc) is 3.38. The molecule has 32 heavy (non-hydrogen) atoms. The van der Waals surface area contributed by atoms with E-state index in [1.54, 1.807) is 30.5 Å². The van der Waals surface area contributed by atoms with Gasteiger partial charge in [-0.05, 0) is 91.3 Å². The number of carbonyl (C=O) groups is 1. The third-order valence-corrected chi connectivity index (χ3v) is 7.53. The van der Waals surface area contributed by atoms with Gasteiger partial charge in [-0.1, -0.05) is 12.8 Å². The van der Waals surface area contributed by atoms with Gasteiger partial charge in [-0.25, -0.2) is 9.37 Å². The van der Waals surface area contributed by atoms with Crippen molar-refractivity contribution >= 4 is 22.6 Å². The Labute approximate surface area is 187 Å². The van der Waals surface area contributed by atoms with Crippen molar-refractivity contribution in [1.29, 1.82) is 0 Å². The third kappa shape index (κ3) is 3.86. The molecule has 5 atom stereocenters. The van der Waals surface area contributed by atoms with Crippen LogP contribution in [-0.4, -0.2) is 15.9 Å². The molecule has 0 spiro atoms. The van der Waals surface area contributed by atoms with Crippen molar-refractivity contribution in [1.82, 2.24) is 9.97 Å². The number of anilines is 1. The van der Waals surface area contributed by atoms with Crippen molar-refractivity contribution in [3.8, 4) is 12.3 Å². The standard InChI is InChI=1S/C27H26FN3O/c1-3-17-4-7-26(30-15-17)31-27(32)16(2)18-10-19-12-21(13-20(19)11-18)23-8-9-29-25-6-5-22(28)14-24(23)25/h1,4-9,14-16,18-21H,10-13H2,2H3,(H,30,31,32)/t16?,18-,19-,20?,21?/m0/s1. The second-order valence-electron chi connectivity index (χ2n) is 9.34. The first-order valence-corrected chi connectivity index (χ1v) is 11.3. The summed E-state index contributed by atoms with van der Waals surface area (Å²) in [6.45, 7) is 2.02. The molecule has 2 heterocycles. The molecule has 1 aromatic carbocycles. The van der Waals surface area contributed by atoms with Crippen LogP contribution in [-0.2, 0) is 4.79 Å². The summed E-state index contributed by atoms with van der Waals surface area (Å²) >= 11 is 0. The summed E-state index contributed by atoms with van der Waals surface area (Å²) in [4.78, 5) is 21.4. The second kappa shape index (κ2) is 8.35. The van der Waals surface area contributed by atoms with E-state index >= 15 is 0 Å². The zero-order valence-corrected chi connectivity index (χ0v) is 18.1. The molecule has 2 aliphatic carbocycles. The molecule has 3 unspecified atom stereocenters. The Morgan fingerprint density at radius 2 is 1.91 bits per heavy atom. The highest BCUT2D eigenvalue weighted by Gasteiger charge is 2.44. The van der Waals surface area contributed by atoms with Crippen LogP contribution < -0.4 is 5.32 Å². The normalized spacial score (nSPS) is 25.3. The van der Waals surface area contributed by atoms with Crippen molar-refractivity contribution < 1.29 is 9.18 Å². The lowest BCUT2D eigenvalue weighted by Gasteiger charge is -2.21. The van der Waals surface area contributed by atoms with E-state index in [9.17, 15) is 9.18 Å². The molecule has 2 aromatic heterocycles. The van der Waals surface area contributed by atoms with E-state index in [4.69, 9.17) is 6.42 Å². The Balaban J connectivity index is 1.23. The van der Waals surface area contributed by atoms with Crippen molar-refractivity contribution in [3.05, 3.63) is 65.7 Å². The fraction of sp³-hybridized carbons (Fsp3) is 0.370. The predicted molar refractivity (Wildman–Crippen MR) is 123 cm³/mol. The summed E-state index contributed by atoms with van der Waals surface area (Å²) in [5, 5.41) is 3.87. The Hall–Kier alpha value is -3.26. The highest BCUT2D eigenvalue weighted by molar-refractivity contribution is 5.91. The molecule has 0 bridgehead atoms. The van der Waals surface area contributed by atoms with E-state index in [0.717, 1.165) is 36.6 Å². The van der Waals surface area contributed by atoms with E-state index in [1.807, 2.05) is 13.1 Å². The van der Waals surface area contributed by atoms with Crippen LogP contribution in [0.15, 0.2) is 48.8 Å². The first-order valence-electron chi connectivity index (χ1n) is 11.3. The van der Waals surface area contributed by atoms with Gasteiger partial charge in [0.1, 0.15) is 11.6 Å². The number of carbonyl (C=O) groups excluding carboxylic acids is 1. The number of nitrogens with zero attached hydrogens (tertiary/aromatic N) is 2. The molecule has 1 N–H and O–H groups in total. The number of fused-ring (bicyclic) bond motifs is 2. The molecule has 2 fully saturated rings.